The summed E-state index contributed by atoms with van der Waals surface area (Å²) < 4.78 is 5.11. The van der Waals surface area contributed by atoms with Crippen molar-refractivity contribution in [2.24, 2.45) is 0 Å². The van der Waals surface area contributed by atoms with Gasteiger partial charge in [-0.2, -0.15) is 0 Å². The van der Waals surface area contributed by atoms with Crippen LogP contribution in [0.15, 0.2) is 35.7 Å². The number of nitrogens with one attached hydrogen (secondary N) is 1. The average molecular weight is 291 g/mol. The molecule has 0 saturated heterocycles. The van der Waals surface area contributed by atoms with Crippen LogP contribution in [0.1, 0.15) is 26.9 Å². The zero-order valence-electron chi connectivity index (χ0n) is 11.4. The molecule has 1 aromatic carbocycles. The first-order valence-electron chi connectivity index (χ1n) is 6.26. The van der Waals surface area contributed by atoms with E-state index in [0.29, 0.717) is 16.2 Å². The van der Waals surface area contributed by atoms with E-state index in [2.05, 4.69) is 5.32 Å². The lowest BCUT2D eigenvalue weighted by Crippen LogP contribution is -2.28. The highest BCUT2D eigenvalue weighted by Crippen LogP contribution is 2.19. The largest absolute Gasteiger partial charge is 0.497 e. The number of hydrogen-bond donors (Lipinski definition) is 2. The maximum Gasteiger partial charge on any atom is 0.261 e. The van der Waals surface area contributed by atoms with Crippen molar-refractivity contribution in [1.29, 1.82) is 0 Å². The standard InChI is InChI=1S/C15H17NO3S/c1-10-6-7-20-14(10)15(18)16-9-13(17)11-4-3-5-12(8-11)19-2/h3-8,13,17H,9H2,1-2H3,(H,16,18). The lowest BCUT2D eigenvalue weighted by atomic mass is 10.1. The highest BCUT2D eigenvalue weighted by atomic mass is 32.1. The Balaban J connectivity index is 1.96. The predicted octanol–water partition coefficient (Wildman–Crippen LogP) is 2.53. The number of carbonyl (C=O) groups is 1. The number of thiophene rings is 1. The van der Waals surface area contributed by atoms with Crippen LogP contribution in [0.5, 0.6) is 5.75 Å². The molecule has 0 radical (unpaired) electrons. The maximum atomic E-state index is 11.9. The predicted molar refractivity (Wildman–Crippen MR) is 79.3 cm³/mol. The highest BCUT2D eigenvalue weighted by Gasteiger charge is 2.13. The summed E-state index contributed by atoms with van der Waals surface area (Å²) in [6.45, 7) is 2.06. The molecular formula is C15H17NO3S. The average Bonchev–Trinajstić information content (AvgIpc) is 2.90. The number of hydrogen-bond acceptors (Lipinski definition) is 4. The van der Waals surface area contributed by atoms with Crippen molar-refractivity contribution >= 4 is 17.2 Å². The molecule has 0 bridgehead atoms. The Labute approximate surface area is 122 Å². The fraction of sp³-hybridized carbons (Fsp3) is 0.267. The van der Waals surface area contributed by atoms with E-state index in [4.69, 9.17) is 4.74 Å². The minimum absolute atomic E-state index is 0.153. The van der Waals surface area contributed by atoms with Gasteiger partial charge in [0.1, 0.15) is 5.75 Å². The van der Waals surface area contributed by atoms with Gasteiger partial charge >= 0.3 is 0 Å². The first kappa shape index (κ1) is 14.6. The van der Waals surface area contributed by atoms with Crippen LogP contribution in [0.4, 0.5) is 0 Å². The van der Waals surface area contributed by atoms with Gasteiger partial charge in [0, 0.05) is 6.54 Å². The van der Waals surface area contributed by atoms with Crippen molar-refractivity contribution in [2.45, 2.75) is 13.0 Å². The van der Waals surface area contributed by atoms with E-state index in [1.54, 1.807) is 19.2 Å². The second-order valence-electron chi connectivity index (χ2n) is 4.44. The summed E-state index contributed by atoms with van der Waals surface area (Å²) in [6.07, 6.45) is -0.755. The second kappa shape index (κ2) is 6.54. The molecule has 4 nitrogen and oxygen atoms in total. The Morgan fingerprint density at radius 1 is 1.45 bits per heavy atom. The molecule has 0 saturated carbocycles. The Morgan fingerprint density at radius 3 is 2.90 bits per heavy atom. The number of aliphatic hydroxyl groups excluding tert-OH is 1. The minimum atomic E-state index is -0.755. The summed E-state index contributed by atoms with van der Waals surface area (Å²) in [4.78, 5) is 12.6. The summed E-state index contributed by atoms with van der Waals surface area (Å²) in [5, 5.41) is 14.7. The van der Waals surface area contributed by atoms with Crippen molar-refractivity contribution in [2.75, 3.05) is 13.7 Å². The Hall–Kier alpha value is -1.85. The molecule has 20 heavy (non-hydrogen) atoms. The van der Waals surface area contributed by atoms with Crippen molar-refractivity contribution in [1.82, 2.24) is 5.32 Å². The van der Waals surface area contributed by atoms with Gasteiger partial charge in [-0.3, -0.25) is 4.79 Å². The van der Waals surface area contributed by atoms with E-state index >= 15 is 0 Å². The first-order valence-corrected chi connectivity index (χ1v) is 7.14. The number of aliphatic hydroxyl groups is 1. The lowest BCUT2D eigenvalue weighted by Gasteiger charge is -2.13. The molecule has 1 amide bonds. The van der Waals surface area contributed by atoms with Gasteiger partial charge in [0.05, 0.1) is 18.1 Å². The normalized spacial score (nSPS) is 11.9. The molecule has 1 aromatic heterocycles. The number of ether oxygens (including phenoxy) is 1. The SMILES string of the molecule is COc1cccc(C(O)CNC(=O)c2sccc2C)c1. The third-order valence-electron chi connectivity index (χ3n) is 3.00. The molecule has 0 aliphatic carbocycles. The molecule has 1 heterocycles. The molecular weight excluding hydrogens is 274 g/mol. The van der Waals surface area contributed by atoms with Crippen molar-refractivity contribution in [3.05, 3.63) is 51.7 Å². The van der Waals surface area contributed by atoms with Gasteiger partial charge in [-0.15, -0.1) is 11.3 Å². The van der Waals surface area contributed by atoms with Crippen LogP contribution in [-0.2, 0) is 0 Å². The molecule has 5 heteroatoms. The van der Waals surface area contributed by atoms with E-state index in [9.17, 15) is 9.90 Å². The summed E-state index contributed by atoms with van der Waals surface area (Å²) in [5.41, 5.74) is 1.66. The topological polar surface area (TPSA) is 58.6 Å². The number of carbonyl (C=O) groups excluding carboxylic acids is 1. The molecule has 2 aromatic rings. The van der Waals surface area contributed by atoms with E-state index in [0.717, 1.165) is 5.56 Å². The summed E-state index contributed by atoms with van der Waals surface area (Å²) in [7, 11) is 1.58. The molecule has 0 spiro atoms. The fourth-order valence-electron chi connectivity index (χ4n) is 1.84. The van der Waals surface area contributed by atoms with Gasteiger partial charge in [0.25, 0.3) is 5.91 Å². The monoisotopic (exact) mass is 291 g/mol. The molecule has 106 valence electrons. The van der Waals surface area contributed by atoms with Crippen molar-refractivity contribution in [3.63, 3.8) is 0 Å². The van der Waals surface area contributed by atoms with Crippen LogP contribution >= 0.6 is 11.3 Å². The highest BCUT2D eigenvalue weighted by molar-refractivity contribution is 7.12. The smallest absolute Gasteiger partial charge is 0.261 e. The number of benzene rings is 1. The van der Waals surface area contributed by atoms with E-state index in [1.807, 2.05) is 30.5 Å². The Morgan fingerprint density at radius 2 is 2.25 bits per heavy atom. The molecule has 0 aliphatic heterocycles. The second-order valence-corrected chi connectivity index (χ2v) is 5.35. The number of rotatable bonds is 5. The van der Waals surface area contributed by atoms with Crippen LogP contribution < -0.4 is 10.1 Å². The first-order chi connectivity index (χ1) is 9.61. The van der Waals surface area contributed by atoms with E-state index in [1.165, 1.54) is 11.3 Å². The molecule has 1 unspecified atom stereocenters. The van der Waals surface area contributed by atoms with Crippen molar-refractivity contribution < 1.29 is 14.6 Å². The quantitative estimate of drug-likeness (QED) is 0.890. The van der Waals surface area contributed by atoms with E-state index < -0.39 is 6.10 Å². The van der Waals surface area contributed by atoms with Crippen LogP contribution in [-0.4, -0.2) is 24.7 Å². The molecule has 1 atom stereocenters. The summed E-state index contributed by atoms with van der Waals surface area (Å²) in [5.74, 6) is 0.529. The van der Waals surface area contributed by atoms with Crippen molar-refractivity contribution in [3.8, 4) is 5.75 Å². The van der Waals surface area contributed by atoms with Gasteiger partial charge in [0.2, 0.25) is 0 Å². The van der Waals surface area contributed by atoms with Crippen LogP contribution in [0.3, 0.4) is 0 Å². The molecule has 0 fully saturated rings. The Kier molecular flexibility index (Phi) is 4.76. The van der Waals surface area contributed by atoms with Crippen LogP contribution in [0.25, 0.3) is 0 Å². The summed E-state index contributed by atoms with van der Waals surface area (Å²) in [6, 6.07) is 9.08. The van der Waals surface area contributed by atoms with Gasteiger partial charge in [-0.25, -0.2) is 0 Å². The van der Waals surface area contributed by atoms with Gasteiger partial charge in [-0.1, -0.05) is 12.1 Å². The van der Waals surface area contributed by atoms with Gasteiger partial charge in [-0.05, 0) is 41.6 Å². The minimum Gasteiger partial charge on any atom is -0.497 e. The lowest BCUT2D eigenvalue weighted by molar-refractivity contribution is 0.0919. The number of methoxy groups -OCH3 is 1. The third kappa shape index (κ3) is 3.37. The number of amides is 1. The van der Waals surface area contributed by atoms with Crippen LogP contribution in [0, 0.1) is 6.92 Å². The summed E-state index contributed by atoms with van der Waals surface area (Å²) >= 11 is 1.40. The zero-order chi connectivity index (χ0) is 14.5. The fourth-order valence-corrected chi connectivity index (χ4v) is 2.68. The molecule has 2 N–H and O–H groups in total. The number of aryl methyl sites for hydroxylation is 1. The van der Waals surface area contributed by atoms with E-state index in [-0.39, 0.29) is 12.5 Å². The Bertz CT molecular complexity index is 594. The third-order valence-corrected chi connectivity index (χ3v) is 4.02. The molecule has 2 rings (SSSR count). The van der Waals surface area contributed by atoms with Gasteiger partial charge in [0.15, 0.2) is 0 Å². The zero-order valence-corrected chi connectivity index (χ0v) is 12.2. The van der Waals surface area contributed by atoms with Crippen LogP contribution in [0.2, 0.25) is 0 Å². The maximum absolute atomic E-state index is 11.9. The van der Waals surface area contributed by atoms with Gasteiger partial charge < -0.3 is 15.2 Å². The molecule has 0 aliphatic rings.